The van der Waals surface area contributed by atoms with Crippen molar-refractivity contribution in [3.8, 4) is 0 Å². The van der Waals surface area contributed by atoms with Crippen molar-refractivity contribution in [2.45, 2.75) is 59.3 Å². The molecule has 0 aromatic rings. The molecule has 3 N–H and O–H groups in total. The van der Waals surface area contributed by atoms with Gasteiger partial charge >= 0.3 is 0 Å². The predicted molar refractivity (Wildman–Crippen MR) is 106 cm³/mol. The van der Waals surface area contributed by atoms with Gasteiger partial charge in [0.1, 0.15) is 0 Å². The highest BCUT2D eigenvalue weighted by Gasteiger charge is 2.02. The summed E-state index contributed by atoms with van der Waals surface area (Å²) in [5.41, 5.74) is 0. The lowest BCUT2D eigenvalue weighted by Crippen LogP contribution is -2.43. The Morgan fingerprint density at radius 1 is 1.00 bits per heavy atom. The number of carbonyl (C=O) groups is 1. The first-order chi connectivity index (χ1) is 10.1. The van der Waals surface area contributed by atoms with Crippen LogP contribution < -0.4 is 16.0 Å². The quantitative estimate of drug-likeness (QED) is 0.206. The van der Waals surface area contributed by atoms with Crippen LogP contribution in [-0.4, -0.2) is 38.5 Å². The fraction of sp³-hybridized carbons (Fsp3) is 0.875. The van der Waals surface area contributed by atoms with E-state index in [4.69, 9.17) is 0 Å². The molecular formula is C16H35IN4O. The Hall–Kier alpha value is -0.530. The maximum absolute atomic E-state index is 11.5. The first-order valence-corrected chi connectivity index (χ1v) is 8.31. The highest BCUT2D eigenvalue weighted by molar-refractivity contribution is 14.0. The van der Waals surface area contributed by atoms with E-state index in [-0.39, 0.29) is 36.4 Å². The van der Waals surface area contributed by atoms with Crippen LogP contribution in [0.5, 0.6) is 0 Å². The van der Waals surface area contributed by atoms with Crippen LogP contribution in [-0.2, 0) is 4.79 Å². The van der Waals surface area contributed by atoms with Crippen molar-refractivity contribution in [1.29, 1.82) is 0 Å². The number of aliphatic imine (C=N–C) groups is 1. The molecule has 0 saturated carbocycles. The largest absolute Gasteiger partial charge is 0.356 e. The van der Waals surface area contributed by atoms with Crippen LogP contribution in [0.4, 0.5) is 0 Å². The van der Waals surface area contributed by atoms with Gasteiger partial charge in [0.15, 0.2) is 5.96 Å². The maximum Gasteiger partial charge on any atom is 0.239 e. The van der Waals surface area contributed by atoms with E-state index < -0.39 is 0 Å². The van der Waals surface area contributed by atoms with Crippen molar-refractivity contribution < 1.29 is 4.79 Å². The minimum Gasteiger partial charge on any atom is -0.356 e. The molecule has 0 saturated heterocycles. The van der Waals surface area contributed by atoms with Gasteiger partial charge in [-0.25, -0.2) is 0 Å². The van der Waals surface area contributed by atoms with Crippen LogP contribution in [0.3, 0.4) is 0 Å². The van der Waals surface area contributed by atoms with Gasteiger partial charge in [-0.15, -0.1) is 24.0 Å². The van der Waals surface area contributed by atoms with Gasteiger partial charge in [0.05, 0.1) is 6.54 Å². The highest BCUT2D eigenvalue weighted by atomic mass is 127. The zero-order valence-corrected chi connectivity index (χ0v) is 17.0. The molecule has 0 fully saturated rings. The summed E-state index contributed by atoms with van der Waals surface area (Å²) < 4.78 is 0. The number of halogens is 1. The van der Waals surface area contributed by atoms with Crippen LogP contribution in [0.25, 0.3) is 0 Å². The van der Waals surface area contributed by atoms with E-state index in [1.807, 2.05) is 6.92 Å². The van der Waals surface area contributed by atoms with Crippen molar-refractivity contribution in [3.05, 3.63) is 0 Å². The number of carbonyl (C=O) groups excluding carboxylic acids is 1. The number of guanidine groups is 1. The Balaban J connectivity index is 0. The summed E-state index contributed by atoms with van der Waals surface area (Å²) in [6.07, 6.45) is 7.28. The van der Waals surface area contributed by atoms with E-state index in [1.165, 1.54) is 25.7 Å². The molecule has 0 heterocycles. The molecule has 0 aliphatic carbocycles. The zero-order chi connectivity index (χ0) is 15.9. The van der Waals surface area contributed by atoms with Crippen LogP contribution in [0.2, 0.25) is 0 Å². The molecule has 132 valence electrons. The monoisotopic (exact) mass is 426 g/mol. The van der Waals surface area contributed by atoms with Gasteiger partial charge in [0, 0.05) is 20.1 Å². The van der Waals surface area contributed by atoms with Crippen LogP contribution >= 0.6 is 24.0 Å². The lowest BCUT2D eigenvalue weighted by Gasteiger charge is -2.11. The Morgan fingerprint density at radius 3 is 2.27 bits per heavy atom. The molecule has 1 amide bonds. The number of unbranched alkanes of at least 4 members (excludes halogenated alkanes) is 3. The molecule has 0 aromatic carbocycles. The number of amides is 1. The maximum atomic E-state index is 11.5. The third-order valence-electron chi connectivity index (χ3n) is 3.21. The average Bonchev–Trinajstić information content (AvgIpc) is 2.46. The molecule has 0 aliphatic heterocycles. The average molecular weight is 426 g/mol. The molecule has 0 unspecified atom stereocenters. The molecular weight excluding hydrogens is 391 g/mol. The first kappa shape index (κ1) is 23.7. The van der Waals surface area contributed by atoms with Gasteiger partial charge in [-0.2, -0.15) is 0 Å². The second kappa shape index (κ2) is 16.8. The van der Waals surface area contributed by atoms with Gasteiger partial charge in [0.2, 0.25) is 5.91 Å². The summed E-state index contributed by atoms with van der Waals surface area (Å²) in [5.74, 6) is 1.52. The van der Waals surface area contributed by atoms with Crippen molar-refractivity contribution in [3.63, 3.8) is 0 Å². The Labute approximate surface area is 153 Å². The topological polar surface area (TPSA) is 65.5 Å². The summed E-state index contributed by atoms with van der Waals surface area (Å²) in [5, 5.41) is 9.09. The Morgan fingerprint density at radius 2 is 1.68 bits per heavy atom. The number of nitrogens with one attached hydrogen (secondary N) is 3. The third kappa shape index (κ3) is 15.9. The lowest BCUT2D eigenvalue weighted by molar-refractivity contribution is -0.120. The summed E-state index contributed by atoms with van der Waals surface area (Å²) in [6.45, 7) is 8.48. The molecule has 0 bridgehead atoms. The first-order valence-electron chi connectivity index (χ1n) is 8.31. The third-order valence-corrected chi connectivity index (χ3v) is 3.21. The number of hydrogen-bond donors (Lipinski definition) is 3. The zero-order valence-electron chi connectivity index (χ0n) is 14.7. The highest BCUT2D eigenvalue weighted by Crippen LogP contribution is 2.08. The van der Waals surface area contributed by atoms with Gasteiger partial charge in [-0.3, -0.25) is 9.79 Å². The van der Waals surface area contributed by atoms with Crippen LogP contribution in [0.1, 0.15) is 59.3 Å². The van der Waals surface area contributed by atoms with E-state index in [2.05, 4.69) is 34.8 Å². The molecule has 22 heavy (non-hydrogen) atoms. The SMILES string of the molecule is CCCNC(=O)CNC(=NC)NCCCCCCC(C)C.I. The lowest BCUT2D eigenvalue weighted by atomic mass is 10.0. The second-order valence-corrected chi connectivity index (χ2v) is 5.80. The molecule has 6 heteroatoms. The molecule has 0 radical (unpaired) electrons. The Bertz CT molecular complexity index is 296. The predicted octanol–water partition coefficient (Wildman–Crippen LogP) is 2.90. The number of hydrogen-bond acceptors (Lipinski definition) is 2. The smallest absolute Gasteiger partial charge is 0.239 e. The molecule has 0 aliphatic rings. The van der Waals surface area contributed by atoms with Crippen molar-refractivity contribution >= 4 is 35.8 Å². The van der Waals surface area contributed by atoms with Crippen molar-refractivity contribution in [1.82, 2.24) is 16.0 Å². The molecule has 0 spiro atoms. The van der Waals surface area contributed by atoms with E-state index in [9.17, 15) is 4.79 Å². The van der Waals surface area contributed by atoms with Gasteiger partial charge < -0.3 is 16.0 Å². The summed E-state index contributed by atoms with van der Waals surface area (Å²) >= 11 is 0. The molecule has 5 nitrogen and oxygen atoms in total. The summed E-state index contributed by atoms with van der Waals surface area (Å²) in [6, 6.07) is 0. The van der Waals surface area contributed by atoms with Gasteiger partial charge in [-0.05, 0) is 18.8 Å². The molecule has 0 rings (SSSR count). The van der Waals surface area contributed by atoms with Gasteiger partial charge in [-0.1, -0.05) is 46.5 Å². The number of nitrogens with zero attached hydrogens (tertiary/aromatic N) is 1. The van der Waals surface area contributed by atoms with Crippen LogP contribution in [0.15, 0.2) is 4.99 Å². The van der Waals surface area contributed by atoms with E-state index in [1.54, 1.807) is 7.05 Å². The van der Waals surface area contributed by atoms with E-state index in [0.717, 1.165) is 31.8 Å². The Kier molecular flexibility index (Phi) is 18.2. The fourth-order valence-electron chi connectivity index (χ4n) is 1.95. The minimum atomic E-state index is 0. The fourth-order valence-corrected chi connectivity index (χ4v) is 1.95. The number of rotatable bonds is 11. The second-order valence-electron chi connectivity index (χ2n) is 5.80. The van der Waals surface area contributed by atoms with Crippen molar-refractivity contribution in [2.24, 2.45) is 10.9 Å². The minimum absolute atomic E-state index is 0. The molecule has 0 atom stereocenters. The summed E-state index contributed by atoms with van der Waals surface area (Å²) in [4.78, 5) is 15.6. The standard InChI is InChI=1S/C16H34N4O.HI/c1-5-11-18-15(21)13-20-16(17-4)19-12-9-7-6-8-10-14(2)3;/h14H,5-13H2,1-4H3,(H,18,21)(H2,17,19,20);1H. The van der Waals surface area contributed by atoms with E-state index in [0.29, 0.717) is 5.96 Å². The summed E-state index contributed by atoms with van der Waals surface area (Å²) in [7, 11) is 1.72. The van der Waals surface area contributed by atoms with Gasteiger partial charge in [0.25, 0.3) is 0 Å². The van der Waals surface area contributed by atoms with E-state index >= 15 is 0 Å². The normalized spacial score (nSPS) is 11.0. The van der Waals surface area contributed by atoms with Crippen molar-refractivity contribution in [2.75, 3.05) is 26.7 Å². The van der Waals surface area contributed by atoms with Crippen LogP contribution in [0, 0.1) is 5.92 Å². The molecule has 0 aromatic heterocycles.